The zero-order valence-electron chi connectivity index (χ0n) is 16.0. The summed E-state index contributed by atoms with van der Waals surface area (Å²) < 4.78 is 12.9. The van der Waals surface area contributed by atoms with Gasteiger partial charge in [-0.1, -0.05) is 0 Å². The summed E-state index contributed by atoms with van der Waals surface area (Å²) in [5.41, 5.74) is 3.99. The van der Waals surface area contributed by atoms with Gasteiger partial charge in [0.15, 0.2) is 0 Å². The fourth-order valence-electron chi connectivity index (χ4n) is 2.64. The van der Waals surface area contributed by atoms with Crippen molar-refractivity contribution in [3.8, 4) is 0 Å². The molecule has 142 valence electrons. The van der Waals surface area contributed by atoms with Crippen LogP contribution in [0, 0.1) is 5.82 Å². The first-order valence-corrected chi connectivity index (χ1v) is 9.22. The summed E-state index contributed by atoms with van der Waals surface area (Å²) >= 11 is 0. The van der Waals surface area contributed by atoms with Gasteiger partial charge in [0.2, 0.25) is 0 Å². The second-order valence-electron chi connectivity index (χ2n) is 6.08. The van der Waals surface area contributed by atoms with Gasteiger partial charge in [-0.15, -0.1) is 0 Å². The monoisotopic (exact) mass is 375 g/mol. The van der Waals surface area contributed by atoms with E-state index in [4.69, 9.17) is 0 Å². The molecule has 0 aliphatic rings. The van der Waals surface area contributed by atoms with E-state index in [0.717, 1.165) is 24.5 Å². The summed E-state index contributed by atoms with van der Waals surface area (Å²) in [6, 6.07) is 21.2. The van der Waals surface area contributed by atoms with Crippen molar-refractivity contribution >= 4 is 28.4 Å². The van der Waals surface area contributed by atoms with Gasteiger partial charge in [0.1, 0.15) is 5.82 Å². The highest BCUT2D eigenvalue weighted by Gasteiger charge is 2.01. The Morgan fingerprint density at radius 3 is 1.25 bits per heavy atom. The highest BCUT2D eigenvalue weighted by atomic mass is 19.1. The third-order valence-electron chi connectivity index (χ3n) is 4.22. The van der Waals surface area contributed by atoms with Crippen molar-refractivity contribution in [2.24, 2.45) is 20.5 Å². The van der Waals surface area contributed by atoms with Gasteiger partial charge in [-0.3, -0.25) is 0 Å². The van der Waals surface area contributed by atoms with Crippen LogP contribution in [0.4, 0.5) is 32.8 Å². The molecule has 3 aromatic carbocycles. The van der Waals surface area contributed by atoms with E-state index in [1.807, 2.05) is 36.4 Å². The first kappa shape index (κ1) is 19.4. The van der Waals surface area contributed by atoms with E-state index in [9.17, 15) is 4.39 Å². The minimum Gasteiger partial charge on any atom is -0.372 e. The van der Waals surface area contributed by atoms with E-state index < -0.39 is 0 Å². The quantitative estimate of drug-likeness (QED) is 0.394. The fraction of sp³-hybridized carbons (Fsp3) is 0.182. The Morgan fingerprint density at radius 2 is 0.893 bits per heavy atom. The van der Waals surface area contributed by atoms with Crippen LogP contribution in [0.25, 0.3) is 0 Å². The van der Waals surface area contributed by atoms with Gasteiger partial charge in [-0.05, 0) is 86.6 Å². The molecule has 0 aliphatic heterocycles. The minimum atomic E-state index is -0.295. The van der Waals surface area contributed by atoms with Crippen molar-refractivity contribution in [2.75, 3.05) is 18.0 Å². The molecule has 0 saturated carbocycles. The SMILES string of the molecule is CCN(CC)c1ccc(/N=N/c2ccc(/N=N/c3ccc(F)cc3)cc2)cc1. The normalized spacial score (nSPS) is 11.4. The Balaban J connectivity index is 1.62. The van der Waals surface area contributed by atoms with Gasteiger partial charge in [0, 0.05) is 18.8 Å². The molecule has 0 saturated heterocycles. The van der Waals surface area contributed by atoms with E-state index in [0.29, 0.717) is 11.4 Å². The van der Waals surface area contributed by atoms with Gasteiger partial charge in [-0.25, -0.2) is 4.39 Å². The molecule has 0 atom stereocenters. The molecule has 0 aromatic heterocycles. The summed E-state index contributed by atoms with van der Waals surface area (Å²) in [6.07, 6.45) is 0. The summed E-state index contributed by atoms with van der Waals surface area (Å²) in [5.74, 6) is -0.295. The molecular formula is C22H22FN5. The molecule has 0 amide bonds. The van der Waals surface area contributed by atoms with Gasteiger partial charge in [0.05, 0.1) is 22.7 Å². The molecule has 0 heterocycles. The second kappa shape index (κ2) is 9.50. The fourth-order valence-corrected chi connectivity index (χ4v) is 2.64. The molecule has 0 radical (unpaired) electrons. The van der Waals surface area contributed by atoms with Crippen molar-refractivity contribution < 1.29 is 4.39 Å². The van der Waals surface area contributed by atoms with Crippen LogP contribution in [0.1, 0.15) is 13.8 Å². The Hall–Kier alpha value is -3.41. The van der Waals surface area contributed by atoms with Crippen LogP contribution in [0.5, 0.6) is 0 Å². The number of rotatable bonds is 7. The Labute approximate surface area is 164 Å². The predicted octanol–water partition coefficient (Wildman–Crippen LogP) is 7.50. The van der Waals surface area contributed by atoms with Crippen LogP contribution in [-0.4, -0.2) is 13.1 Å². The largest absolute Gasteiger partial charge is 0.372 e. The van der Waals surface area contributed by atoms with Crippen molar-refractivity contribution in [2.45, 2.75) is 13.8 Å². The lowest BCUT2D eigenvalue weighted by atomic mass is 10.2. The maximum Gasteiger partial charge on any atom is 0.123 e. The first-order chi connectivity index (χ1) is 13.7. The minimum absolute atomic E-state index is 0.295. The summed E-state index contributed by atoms with van der Waals surface area (Å²) in [6.45, 7) is 6.23. The molecule has 0 unspecified atom stereocenters. The average molecular weight is 375 g/mol. The van der Waals surface area contributed by atoms with E-state index in [1.165, 1.54) is 17.8 Å². The van der Waals surface area contributed by atoms with Gasteiger partial charge >= 0.3 is 0 Å². The summed E-state index contributed by atoms with van der Waals surface area (Å²) in [4.78, 5) is 2.28. The molecule has 5 nitrogen and oxygen atoms in total. The van der Waals surface area contributed by atoms with E-state index >= 15 is 0 Å². The Bertz CT molecular complexity index is 928. The van der Waals surface area contributed by atoms with Crippen LogP contribution in [0.15, 0.2) is 93.3 Å². The second-order valence-corrected chi connectivity index (χ2v) is 6.08. The number of hydrogen-bond acceptors (Lipinski definition) is 5. The number of anilines is 1. The lowest BCUT2D eigenvalue weighted by Crippen LogP contribution is -2.21. The van der Waals surface area contributed by atoms with Gasteiger partial charge in [-0.2, -0.15) is 20.5 Å². The van der Waals surface area contributed by atoms with Crippen LogP contribution < -0.4 is 4.90 Å². The first-order valence-electron chi connectivity index (χ1n) is 9.22. The third kappa shape index (κ3) is 5.30. The van der Waals surface area contributed by atoms with Gasteiger partial charge in [0.25, 0.3) is 0 Å². The lowest BCUT2D eigenvalue weighted by Gasteiger charge is -2.20. The maximum atomic E-state index is 12.9. The van der Waals surface area contributed by atoms with Crippen molar-refractivity contribution in [3.63, 3.8) is 0 Å². The van der Waals surface area contributed by atoms with E-state index in [-0.39, 0.29) is 5.82 Å². The van der Waals surface area contributed by atoms with E-state index in [1.54, 1.807) is 12.1 Å². The number of azo groups is 2. The highest BCUT2D eigenvalue weighted by molar-refractivity contribution is 5.53. The molecule has 0 spiro atoms. The van der Waals surface area contributed by atoms with Crippen LogP contribution >= 0.6 is 0 Å². The molecule has 3 aromatic rings. The molecular weight excluding hydrogens is 353 g/mol. The van der Waals surface area contributed by atoms with Crippen molar-refractivity contribution in [3.05, 3.63) is 78.6 Å². The average Bonchev–Trinajstić information content (AvgIpc) is 2.74. The van der Waals surface area contributed by atoms with Crippen molar-refractivity contribution in [1.82, 2.24) is 0 Å². The Kier molecular flexibility index (Phi) is 6.57. The number of benzene rings is 3. The molecule has 0 bridgehead atoms. The molecule has 3 rings (SSSR count). The highest BCUT2D eigenvalue weighted by Crippen LogP contribution is 2.24. The topological polar surface area (TPSA) is 52.7 Å². The third-order valence-corrected chi connectivity index (χ3v) is 4.22. The lowest BCUT2D eigenvalue weighted by molar-refractivity contribution is 0.628. The Morgan fingerprint density at radius 1 is 0.571 bits per heavy atom. The van der Waals surface area contributed by atoms with Crippen molar-refractivity contribution in [1.29, 1.82) is 0 Å². The number of nitrogens with zero attached hydrogens (tertiary/aromatic N) is 5. The molecule has 0 aliphatic carbocycles. The molecule has 0 fully saturated rings. The van der Waals surface area contributed by atoms with Gasteiger partial charge < -0.3 is 4.90 Å². The molecule has 28 heavy (non-hydrogen) atoms. The number of hydrogen-bond donors (Lipinski definition) is 0. The smallest absolute Gasteiger partial charge is 0.123 e. The molecule has 0 N–H and O–H groups in total. The van der Waals surface area contributed by atoms with Crippen LogP contribution in [-0.2, 0) is 0 Å². The maximum absolute atomic E-state index is 12.9. The zero-order valence-corrected chi connectivity index (χ0v) is 16.0. The molecule has 6 heteroatoms. The van der Waals surface area contributed by atoms with Crippen LogP contribution in [0.3, 0.4) is 0 Å². The number of halogens is 1. The standard InChI is InChI=1S/C22H22FN5/c1-3-28(4-2)22-15-13-21(14-16-22)27-26-20-11-9-19(10-12-20)25-24-18-7-5-17(23)6-8-18/h5-16H,3-4H2,1-2H3/b25-24+,27-26+. The predicted molar refractivity (Wildman–Crippen MR) is 111 cm³/mol. The summed E-state index contributed by atoms with van der Waals surface area (Å²) in [7, 11) is 0. The zero-order chi connectivity index (χ0) is 19.8. The van der Waals surface area contributed by atoms with Crippen LogP contribution in [0.2, 0.25) is 0 Å². The summed E-state index contributed by atoms with van der Waals surface area (Å²) in [5, 5.41) is 16.7. The van der Waals surface area contributed by atoms with E-state index in [2.05, 4.69) is 51.3 Å².